The maximum Gasteiger partial charge on any atom is 0.229 e. The molecule has 116 valence electrons. The molecule has 2 atom stereocenters. The predicted molar refractivity (Wildman–Crippen MR) is 81.2 cm³/mol. The van der Waals surface area contributed by atoms with Gasteiger partial charge >= 0.3 is 0 Å². The van der Waals surface area contributed by atoms with Crippen molar-refractivity contribution < 1.29 is 19.1 Å². The highest BCUT2D eigenvalue weighted by Gasteiger charge is 2.60. The number of carbonyl (C=O) groups is 3. The van der Waals surface area contributed by atoms with E-state index in [9.17, 15) is 14.4 Å². The first-order valence-electron chi connectivity index (χ1n) is 7.54. The lowest BCUT2D eigenvalue weighted by Crippen LogP contribution is -2.59. The summed E-state index contributed by atoms with van der Waals surface area (Å²) in [5.41, 5.74) is -0.345. The summed E-state index contributed by atoms with van der Waals surface area (Å²) in [5.74, 6) is -0.890. The van der Waals surface area contributed by atoms with Crippen LogP contribution in [0.25, 0.3) is 0 Å². The second kappa shape index (κ2) is 4.51. The SMILES string of the molecule is COc1ccc2c(c1)C1(C)C(=O)CCC(C)(C)C1C(=O)C2=O. The van der Waals surface area contributed by atoms with E-state index < -0.39 is 22.9 Å². The Hall–Kier alpha value is -1.97. The number of fused-ring (bicyclic) bond motifs is 3. The van der Waals surface area contributed by atoms with Crippen LogP contribution in [-0.4, -0.2) is 24.5 Å². The number of benzene rings is 1. The highest BCUT2D eigenvalue weighted by Crippen LogP contribution is 2.54. The molecule has 1 fully saturated rings. The summed E-state index contributed by atoms with van der Waals surface area (Å²) in [7, 11) is 1.55. The maximum atomic E-state index is 12.7. The van der Waals surface area contributed by atoms with E-state index in [1.54, 1.807) is 25.3 Å². The molecule has 2 unspecified atom stereocenters. The highest BCUT2D eigenvalue weighted by atomic mass is 16.5. The Morgan fingerprint density at radius 2 is 1.82 bits per heavy atom. The highest BCUT2D eigenvalue weighted by molar-refractivity contribution is 6.47. The molecule has 2 aliphatic rings. The summed E-state index contributed by atoms with van der Waals surface area (Å²) in [4.78, 5) is 38.0. The van der Waals surface area contributed by atoms with Crippen LogP contribution < -0.4 is 4.74 Å². The van der Waals surface area contributed by atoms with Crippen molar-refractivity contribution in [3.63, 3.8) is 0 Å². The predicted octanol–water partition coefficient (Wildman–Crippen LogP) is 2.72. The zero-order valence-corrected chi connectivity index (χ0v) is 13.4. The molecule has 3 rings (SSSR count). The summed E-state index contributed by atoms with van der Waals surface area (Å²) < 4.78 is 5.25. The fourth-order valence-electron chi connectivity index (χ4n) is 4.25. The number of carbonyl (C=O) groups excluding carboxylic acids is 3. The van der Waals surface area contributed by atoms with Crippen molar-refractivity contribution in [1.82, 2.24) is 0 Å². The van der Waals surface area contributed by atoms with Crippen LogP contribution in [0, 0.1) is 11.3 Å². The quantitative estimate of drug-likeness (QED) is 0.748. The summed E-state index contributed by atoms with van der Waals surface area (Å²) in [6.07, 6.45) is 1.06. The number of hydrogen-bond acceptors (Lipinski definition) is 4. The monoisotopic (exact) mass is 300 g/mol. The third-order valence-corrected chi connectivity index (χ3v) is 5.45. The third kappa shape index (κ3) is 1.73. The largest absolute Gasteiger partial charge is 0.497 e. The van der Waals surface area contributed by atoms with E-state index in [1.165, 1.54) is 0 Å². The standard InChI is InChI=1S/C18H20O4/c1-17(2)8-7-13(19)18(3)12-9-10(22-4)5-6-11(12)14(20)15(21)16(17)18/h5-6,9,16H,7-8H2,1-4H3. The van der Waals surface area contributed by atoms with E-state index in [4.69, 9.17) is 4.74 Å². The lowest BCUT2D eigenvalue weighted by molar-refractivity contribution is -0.142. The normalized spacial score (nSPS) is 29.8. The van der Waals surface area contributed by atoms with E-state index in [0.717, 1.165) is 0 Å². The van der Waals surface area contributed by atoms with Gasteiger partial charge in [0.05, 0.1) is 12.5 Å². The first-order chi connectivity index (χ1) is 10.2. The average molecular weight is 300 g/mol. The average Bonchev–Trinajstić information content (AvgIpc) is 2.48. The summed E-state index contributed by atoms with van der Waals surface area (Å²) >= 11 is 0. The molecule has 1 aromatic rings. The van der Waals surface area contributed by atoms with Gasteiger partial charge in [-0.3, -0.25) is 14.4 Å². The van der Waals surface area contributed by atoms with Crippen LogP contribution in [0.4, 0.5) is 0 Å². The molecule has 1 saturated carbocycles. The van der Waals surface area contributed by atoms with Crippen LogP contribution in [-0.2, 0) is 15.0 Å². The Morgan fingerprint density at radius 1 is 1.14 bits per heavy atom. The molecule has 0 bridgehead atoms. The minimum absolute atomic E-state index is 0.0344. The Kier molecular flexibility index (Phi) is 3.06. The van der Waals surface area contributed by atoms with Crippen molar-refractivity contribution in [2.45, 2.75) is 39.0 Å². The van der Waals surface area contributed by atoms with Gasteiger partial charge in [0.25, 0.3) is 0 Å². The number of ketones is 3. The number of hydrogen-bond donors (Lipinski definition) is 0. The van der Waals surface area contributed by atoms with Crippen LogP contribution >= 0.6 is 0 Å². The first kappa shape index (κ1) is 14.9. The molecule has 0 amide bonds. The minimum Gasteiger partial charge on any atom is -0.497 e. The summed E-state index contributed by atoms with van der Waals surface area (Å²) in [6.45, 7) is 5.75. The molecule has 2 aliphatic carbocycles. The van der Waals surface area contributed by atoms with Gasteiger partial charge in [0, 0.05) is 17.9 Å². The summed E-state index contributed by atoms with van der Waals surface area (Å²) in [6, 6.07) is 5.00. The number of ether oxygens (including phenoxy) is 1. The van der Waals surface area contributed by atoms with Crippen molar-refractivity contribution in [2.75, 3.05) is 7.11 Å². The Bertz CT molecular complexity index is 701. The van der Waals surface area contributed by atoms with Crippen molar-refractivity contribution in [1.29, 1.82) is 0 Å². The molecule has 0 radical (unpaired) electrons. The van der Waals surface area contributed by atoms with Gasteiger partial charge in [0.2, 0.25) is 11.6 Å². The second-order valence-electron chi connectivity index (χ2n) is 7.15. The molecule has 4 nitrogen and oxygen atoms in total. The van der Waals surface area contributed by atoms with Crippen molar-refractivity contribution in [3.8, 4) is 5.75 Å². The van der Waals surface area contributed by atoms with E-state index in [0.29, 0.717) is 29.7 Å². The second-order valence-corrected chi connectivity index (χ2v) is 7.15. The third-order valence-electron chi connectivity index (χ3n) is 5.45. The van der Waals surface area contributed by atoms with Crippen LogP contribution in [0.15, 0.2) is 18.2 Å². The van der Waals surface area contributed by atoms with Crippen LogP contribution in [0.3, 0.4) is 0 Å². The topological polar surface area (TPSA) is 60.4 Å². The molecule has 0 aliphatic heterocycles. The Balaban J connectivity index is 2.33. The van der Waals surface area contributed by atoms with Gasteiger partial charge in [-0.05, 0) is 42.5 Å². The molecule has 0 spiro atoms. The lowest BCUT2D eigenvalue weighted by Gasteiger charge is -2.51. The first-order valence-corrected chi connectivity index (χ1v) is 7.54. The molecule has 0 N–H and O–H groups in total. The summed E-state index contributed by atoms with van der Waals surface area (Å²) in [5, 5.41) is 0. The molecular weight excluding hydrogens is 280 g/mol. The van der Waals surface area contributed by atoms with E-state index in [-0.39, 0.29) is 11.2 Å². The lowest BCUT2D eigenvalue weighted by atomic mass is 9.49. The van der Waals surface area contributed by atoms with Crippen molar-refractivity contribution >= 4 is 17.3 Å². The van der Waals surface area contributed by atoms with Crippen LogP contribution in [0.1, 0.15) is 49.5 Å². The van der Waals surface area contributed by atoms with Gasteiger partial charge in [-0.25, -0.2) is 0 Å². The smallest absolute Gasteiger partial charge is 0.229 e. The zero-order chi connectivity index (χ0) is 16.3. The van der Waals surface area contributed by atoms with E-state index in [2.05, 4.69) is 0 Å². The van der Waals surface area contributed by atoms with Crippen LogP contribution in [0.2, 0.25) is 0 Å². The van der Waals surface area contributed by atoms with Gasteiger partial charge in [0.15, 0.2) is 0 Å². The number of Topliss-reactive ketones (excluding diaryl/α,β-unsaturated/α-hetero) is 3. The maximum absolute atomic E-state index is 12.7. The molecule has 1 aromatic carbocycles. The van der Waals surface area contributed by atoms with E-state index >= 15 is 0 Å². The fraction of sp³-hybridized carbons (Fsp3) is 0.500. The minimum atomic E-state index is -0.948. The van der Waals surface area contributed by atoms with Gasteiger partial charge in [0.1, 0.15) is 11.5 Å². The molecule has 22 heavy (non-hydrogen) atoms. The number of methoxy groups -OCH3 is 1. The molecule has 4 heteroatoms. The molecule has 0 heterocycles. The number of rotatable bonds is 1. The van der Waals surface area contributed by atoms with Gasteiger partial charge in [-0.15, -0.1) is 0 Å². The van der Waals surface area contributed by atoms with Crippen molar-refractivity contribution in [2.24, 2.45) is 11.3 Å². The van der Waals surface area contributed by atoms with Gasteiger partial charge in [-0.1, -0.05) is 13.8 Å². The van der Waals surface area contributed by atoms with E-state index in [1.807, 2.05) is 20.8 Å². The zero-order valence-electron chi connectivity index (χ0n) is 13.4. The van der Waals surface area contributed by atoms with Gasteiger partial charge < -0.3 is 4.74 Å². The van der Waals surface area contributed by atoms with Crippen molar-refractivity contribution in [3.05, 3.63) is 29.3 Å². The Labute approximate surface area is 129 Å². The van der Waals surface area contributed by atoms with Crippen LogP contribution in [0.5, 0.6) is 5.75 Å². The molecule has 0 aromatic heterocycles. The molecular formula is C18H20O4. The van der Waals surface area contributed by atoms with Gasteiger partial charge in [-0.2, -0.15) is 0 Å². The fourth-order valence-corrected chi connectivity index (χ4v) is 4.25. The molecule has 0 saturated heterocycles. The Morgan fingerprint density at radius 3 is 2.45 bits per heavy atom.